The van der Waals surface area contributed by atoms with Crippen molar-refractivity contribution in [1.29, 1.82) is 0 Å². The molecule has 0 fully saturated rings. The molecule has 0 saturated heterocycles. The molecule has 2 heterocycles. The molecule has 0 spiro atoms. The Morgan fingerprint density at radius 2 is 1.96 bits per heavy atom. The molecular weight excluding hydrogens is 347 g/mol. The van der Waals surface area contributed by atoms with E-state index in [1.54, 1.807) is 6.92 Å². The van der Waals surface area contributed by atoms with Gasteiger partial charge in [-0.1, -0.05) is 6.92 Å². The van der Waals surface area contributed by atoms with Gasteiger partial charge in [0.2, 0.25) is 11.7 Å². The molecule has 0 aliphatic carbocycles. The maximum absolute atomic E-state index is 13.6. The van der Waals surface area contributed by atoms with Crippen molar-refractivity contribution in [1.82, 2.24) is 15.0 Å². The van der Waals surface area contributed by atoms with Crippen LogP contribution in [-0.4, -0.2) is 38.0 Å². The minimum absolute atomic E-state index is 0.0134. The lowest BCUT2D eigenvalue weighted by Crippen LogP contribution is -2.33. The second-order valence-corrected chi connectivity index (χ2v) is 5.65. The number of anilines is 3. The predicted octanol–water partition coefficient (Wildman–Crippen LogP) is 0.927. The molecule has 0 atom stereocenters. The quantitative estimate of drug-likeness (QED) is 0.562. The molecule has 2 aromatic heterocycles. The van der Waals surface area contributed by atoms with Crippen molar-refractivity contribution in [3.63, 3.8) is 0 Å². The first-order valence-corrected chi connectivity index (χ1v) is 7.77. The second-order valence-electron chi connectivity index (χ2n) is 5.65. The van der Waals surface area contributed by atoms with Crippen LogP contribution >= 0.6 is 0 Å². The minimum atomic E-state index is -3.24. The van der Waals surface area contributed by atoms with Crippen LogP contribution in [0.1, 0.15) is 32.3 Å². The molecule has 0 aliphatic heterocycles. The Bertz CT molecular complexity index is 814. The van der Waals surface area contributed by atoms with Crippen molar-refractivity contribution in [3.05, 3.63) is 29.8 Å². The van der Waals surface area contributed by atoms with E-state index in [-0.39, 0.29) is 28.7 Å². The molecule has 1 amide bonds. The Balaban J connectivity index is 2.47. The number of nitrogens with one attached hydrogen (secondary N) is 2. The van der Waals surface area contributed by atoms with Gasteiger partial charge < -0.3 is 20.7 Å². The van der Waals surface area contributed by atoms with Crippen molar-refractivity contribution in [3.8, 4) is 0 Å². The Morgan fingerprint density at radius 3 is 2.50 bits per heavy atom. The molecule has 0 saturated carbocycles. The highest BCUT2D eigenvalue weighted by atomic mass is 19.3. The first-order valence-electron chi connectivity index (χ1n) is 7.77. The second kappa shape index (κ2) is 7.71. The minimum Gasteiger partial charge on any atom is -0.423 e. The van der Waals surface area contributed by atoms with Gasteiger partial charge in [0.15, 0.2) is 0 Å². The summed E-state index contributed by atoms with van der Waals surface area (Å²) in [4.78, 5) is 22.7. The smallest absolute Gasteiger partial charge is 0.423 e. The Morgan fingerprint density at radius 1 is 1.27 bits per heavy atom. The molecule has 2 aromatic rings. The van der Waals surface area contributed by atoms with Crippen molar-refractivity contribution >= 4 is 35.8 Å². The van der Waals surface area contributed by atoms with E-state index in [0.29, 0.717) is 19.0 Å². The number of alkyl halides is 2. The number of halogens is 2. The predicted molar refractivity (Wildman–Crippen MR) is 92.6 cm³/mol. The van der Waals surface area contributed by atoms with Crippen LogP contribution in [-0.2, 0) is 17.1 Å². The first-order chi connectivity index (χ1) is 12.1. The summed E-state index contributed by atoms with van der Waals surface area (Å²) < 4.78 is 27.2. The molecule has 26 heavy (non-hydrogen) atoms. The number of hydrogen-bond acceptors (Lipinski definition) is 7. The zero-order chi connectivity index (χ0) is 19.5. The third-order valence-electron chi connectivity index (χ3n) is 3.31. The average molecular weight is 365 g/mol. The number of amides is 1. The van der Waals surface area contributed by atoms with Gasteiger partial charge in [0.25, 0.3) is 0 Å². The standard InChI is InChI=1S/C15H18BF2N5O3/c1-4-9-5-13(23-14(21-9)15(3,17)18)22-11-6-12(20-8(2)24)19-7-10(11)16(25)26/h5-7,25-26H,4H2,1-3H3,(H2,19,20,21,22,23,24). The van der Waals surface area contributed by atoms with Crippen LogP contribution in [0.25, 0.3) is 0 Å². The van der Waals surface area contributed by atoms with Gasteiger partial charge >= 0.3 is 13.0 Å². The van der Waals surface area contributed by atoms with Gasteiger partial charge in [0, 0.05) is 49.0 Å². The summed E-state index contributed by atoms with van der Waals surface area (Å²) >= 11 is 0. The summed E-state index contributed by atoms with van der Waals surface area (Å²) in [6.07, 6.45) is 1.55. The van der Waals surface area contributed by atoms with E-state index < -0.39 is 18.9 Å². The molecule has 0 aliphatic rings. The van der Waals surface area contributed by atoms with E-state index in [1.165, 1.54) is 19.1 Å². The fraction of sp³-hybridized carbons (Fsp3) is 0.333. The van der Waals surface area contributed by atoms with Gasteiger partial charge in [0.05, 0.1) is 0 Å². The summed E-state index contributed by atoms with van der Waals surface area (Å²) in [7, 11) is -1.86. The summed E-state index contributed by atoms with van der Waals surface area (Å²) in [5.74, 6) is -4.06. The Labute approximate surface area is 148 Å². The Hall–Kier alpha value is -2.66. The molecule has 138 valence electrons. The molecule has 2 rings (SSSR count). The van der Waals surface area contributed by atoms with Crippen molar-refractivity contribution < 1.29 is 23.6 Å². The van der Waals surface area contributed by atoms with Crippen LogP contribution in [0, 0.1) is 0 Å². The molecular formula is C15H18BF2N5O3. The van der Waals surface area contributed by atoms with E-state index in [0.717, 1.165) is 6.20 Å². The highest BCUT2D eigenvalue weighted by molar-refractivity contribution is 6.60. The summed E-state index contributed by atoms with van der Waals surface area (Å²) in [5.41, 5.74) is 0.520. The van der Waals surface area contributed by atoms with Crippen LogP contribution < -0.4 is 16.1 Å². The van der Waals surface area contributed by atoms with Crippen LogP contribution in [0.4, 0.5) is 26.1 Å². The molecule has 11 heteroatoms. The van der Waals surface area contributed by atoms with Gasteiger partial charge in [-0.15, -0.1) is 0 Å². The molecule has 4 N–H and O–H groups in total. The van der Waals surface area contributed by atoms with E-state index in [9.17, 15) is 23.6 Å². The number of hydrogen-bond donors (Lipinski definition) is 4. The van der Waals surface area contributed by atoms with Gasteiger partial charge in [-0.3, -0.25) is 4.79 Å². The molecule has 0 radical (unpaired) electrons. The maximum Gasteiger partial charge on any atom is 0.492 e. The molecule has 0 bridgehead atoms. The number of rotatable bonds is 6. The third-order valence-corrected chi connectivity index (χ3v) is 3.31. The lowest BCUT2D eigenvalue weighted by atomic mass is 9.80. The van der Waals surface area contributed by atoms with Crippen LogP contribution in [0.3, 0.4) is 0 Å². The summed E-state index contributed by atoms with van der Waals surface area (Å²) in [6.45, 7) is 3.74. The topological polar surface area (TPSA) is 120 Å². The fourth-order valence-electron chi connectivity index (χ4n) is 2.11. The zero-order valence-electron chi connectivity index (χ0n) is 14.4. The van der Waals surface area contributed by atoms with Gasteiger partial charge in [0.1, 0.15) is 11.6 Å². The van der Waals surface area contributed by atoms with Gasteiger partial charge in [-0.05, 0) is 6.42 Å². The number of carbonyl (C=O) groups is 1. The number of aromatic nitrogens is 3. The van der Waals surface area contributed by atoms with Crippen LogP contribution in [0.2, 0.25) is 0 Å². The van der Waals surface area contributed by atoms with E-state index in [4.69, 9.17) is 0 Å². The number of aryl methyl sites for hydroxylation is 1. The number of nitrogens with zero attached hydrogens (tertiary/aromatic N) is 3. The van der Waals surface area contributed by atoms with Crippen molar-refractivity contribution in [2.45, 2.75) is 33.1 Å². The van der Waals surface area contributed by atoms with Gasteiger partial charge in [-0.25, -0.2) is 15.0 Å². The summed E-state index contributed by atoms with van der Waals surface area (Å²) in [6, 6.07) is 2.81. The first kappa shape index (κ1) is 19.7. The fourth-order valence-corrected chi connectivity index (χ4v) is 2.11. The maximum atomic E-state index is 13.6. The summed E-state index contributed by atoms with van der Waals surface area (Å²) in [5, 5.41) is 24.2. The monoisotopic (exact) mass is 365 g/mol. The molecule has 0 aromatic carbocycles. The largest absolute Gasteiger partial charge is 0.492 e. The zero-order valence-corrected chi connectivity index (χ0v) is 14.4. The van der Waals surface area contributed by atoms with E-state index >= 15 is 0 Å². The molecule has 0 unspecified atom stereocenters. The average Bonchev–Trinajstić information content (AvgIpc) is 2.53. The highest BCUT2D eigenvalue weighted by Gasteiger charge is 2.29. The number of pyridine rings is 1. The van der Waals surface area contributed by atoms with E-state index in [2.05, 4.69) is 25.6 Å². The lowest BCUT2D eigenvalue weighted by molar-refractivity contribution is -0.114. The SMILES string of the molecule is CCc1cc(Nc2cc(NC(C)=O)ncc2B(O)O)nc(C(C)(F)F)n1. The highest BCUT2D eigenvalue weighted by Crippen LogP contribution is 2.26. The molecule has 8 nitrogen and oxygen atoms in total. The number of carbonyl (C=O) groups excluding carboxylic acids is 1. The lowest BCUT2D eigenvalue weighted by Gasteiger charge is -2.15. The normalized spacial score (nSPS) is 11.2. The Kier molecular flexibility index (Phi) is 5.83. The van der Waals surface area contributed by atoms with E-state index in [1.807, 2.05) is 0 Å². The van der Waals surface area contributed by atoms with Crippen LogP contribution in [0.5, 0.6) is 0 Å². The van der Waals surface area contributed by atoms with Gasteiger partial charge in [-0.2, -0.15) is 8.78 Å². The van der Waals surface area contributed by atoms with Crippen LogP contribution in [0.15, 0.2) is 18.3 Å². The van der Waals surface area contributed by atoms with Crippen molar-refractivity contribution in [2.24, 2.45) is 0 Å². The van der Waals surface area contributed by atoms with Crippen molar-refractivity contribution in [2.75, 3.05) is 10.6 Å². The third kappa shape index (κ3) is 4.93.